The van der Waals surface area contributed by atoms with Crippen molar-refractivity contribution >= 4 is 34.4 Å². The van der Waals surface area contributed by atoms with Crippen molar-refractivity contribution in [2.75, 3.05) is 55.7 Å². The topological polar surface area (TPSA) is 62.1 Å². The van der Waals surface area contributed by atoms with Crippen LogP contribution in [0.5, 0.6) is 0 Å². The van der Waals surface area contributed by atoms with Gasteiger partial charge in [0.2, 0.25) is 0 Å². The van der Waals surface area contributed by atoms with Gasteiger partial charge in [0.25, 0.3) is 0 Å². The second-order valence-corrected chi connectivity index (χ2v) is 10.2. The molecule has 0 bridgehead atoms. The number of benzene rings is 2. The van der Waals surface area contributed by atoms with Crippen molar-refractivity contribution < 1.29 is 0 Å². The van der Waals surface area contributed by atoms with E-state index < -0.39 is 0 Å². The van der Waals surface area contributed by atoms with Gasteiger partial charge in [-0.25, -0.2) is 15.0 Å². The van der Waals surface area contributed by atoms with E-state index >= 15 is 0 Å². The molecule has 0 saturated carbocycles. The van der Waals surface area contributed by atoms with Crippen molar-refractivity contribution in [3.63, 3.8) is 0 Å². The molecule has 1 aliphatic heterocycles. The molecular weight excluding hydrogens is 466 g/mol. The maximum Gasteiger partial charge on any atom is 0.170 e. The summed E-state index contributed by atoms with van der Waals surface area (Å²) in [5.74, 6) is 1.80. The third-order valence-electron chi connectivity index (χ3n) is 7.17. The SMILES string of the molecule is CCc1nc2c(NCCN3CCN(c4cccc(C)c4C)CC3)ncnc2n1-c1ccc(SC)cc1. The van der Waals surface area contributed by atoms with Crippen molar-refractivity contribution in [3.8, 4) is 5.69 Å². The molecule has 0 aliphatic carbocycles. The van der Waals surface area contributed by atoms with Gasteiger partial charge in [-0.05, 0) is 61.6 Å². The third-order valence-corrected chi connectivity index (χ3v) is 7.91. The van der Waals surface area contributed by atoms with Gasteiger partial charge in [0, 0.05) is 62.0 Å². The Morgan fingerprint density at radius 3 is 2.47 bits per heavy atom. The van der Waals surface area contributed by atoms with Crippen LogP contribution in [0.25, 0.3) is 16.9 Å². The van der Waals surface area contributed by atoms with Gasteiger partial charge < -0.3 is 10.2 Å². The van der Waals surface area contributed by atoms with E-state index in [9.17, 15) is 0 Å². The number of aryl methyl sites for hydroxylation is 2. The molecule has 1 fully saturated rings. The molecule has 1 N–H and O–H groups in total. The van der Waals surface area contributed by atoms with E-state index in [0.29, 0.717) is 0 Å². The summed E-state index contributed by atoms with van der Waals surface area (Å²) in [6.45, 7) is 12.6. The normalized spacial score (nSPS) is 14.5. The Labute approximate surface area is 218 Å². The standard InChI is InChI=1S/C28H35N7S/c1-5-25-32-26-27(30-19-31-28(26)35(25)22-9-11-23(36-4)12-10-22)29-13-14-33-15-17-34(18-16-33)24-8-6-7-20(2)21(24)3/h6-12,19H,5,13-18H2,1-4H3,(H,29,30,31). The highest BCUT2D eigenvalue weighted by atomic mass is 32.2. The number of hydrogen-bond donors (Lipinski definition) is 1. The molecule has 0 amide bonds. The number of anilines is 2. The average molecular weight is 502 g/mol. The van der Waals surface area contributed by atoms with Crippen LogP contribution in [0, 0.1) is 13.8 Å². The van der Waals surface area contributed by atoms with Crippen LogP contribution in [0.2, 0.25) is 0 Å². The Hall–Kier alpha value is -3.10. The van der Waals surface area contributed by atoms with Gasteiger partial charge >= 0.3 is 0 Å². The molecule has 36 heavy (non-hydrogen) atoms. The van der Waals surface area contributed by atoms with Gasteiger partial charge in [-0.2, -0.15) is 0 Å². The number of piperazine rings is 1. The Balaban J connectivity index is 1.24. The van der Waals surface area contributed by atoms with Crippen molar-refractivity contribution in [1.29, 1.82) is 0 Å². The largest absolute Gasteiger partial charge is 0.369 e. The van der Waals surface area contributed by atoms with Gasteiger partial charge in [0.05, 0.1) is 0 Å². The lowest BCUT2D eigenvalue weighted by Gasteiger charge is -2.37. The van der Waals surface area contributed by atoms with E-state index in [-0.39, 0.29) is 0 Å². The van der Waals surface area contributed by atoms with Crippen LogP contribution in [-0.4, -0.2) is 69.9 Å². The lowest BCUT2D eigenvalue weighted by atomic mass is 10.1. The summed E-state index contributed by atoms with van der Waals surface area (Å²) in [4.78, 5) is 20.4. The molecule has 8 heteroatoms. The minimum Gasteiger partial charge on any atom is -0.369 e. The van der Waals surface area contributed by atoms with Crippen molar-refractivity contribution in [2.24, 2.45) is 0 Å². The number of aromatic nitrogens is 4. The summed E-state index contributed by atoms with van der Waals surface area (Å²) in [5, 5.41) is 3.54. The molecule has 0 unspecified atom stereocenters. The van der Waals surface area contributed by atoms with Gasteiger partial charge in [0.1, 0.15) is 12.2 Å². The zero-order valence-electron chi connectivity index (χ0n) is 21.7. The number of hydrogen-bond acceptors (Lipinski definition) is 7. The van der Waals surface area contributed by atoms with Gasteiger partial charge in [-0.1, -0.05) is 19.1 Å². The second kappa shape index (κ2) is 10.9. The molecular formula is C28H35N7S. The highest BCUT2D eigenvalue weighted by molar-refractivity contribution is 7.98. The molecule has 5 rings (SSSR count). The Bertz CT molecular complexity index is 1320. The minimum absolute atomic E-state index is 0.809. The summed E-state index contributed by atoms with van der Waals surface area (Å²) in [6.07, 6.45) is 4.56. The van der Waals surface area contributed by atoms with Crippen LogP contribution in [0.1, 0.15) is 23.9 Å². The van der Waals surface area contributed by atoms with Crippen molar-refractivity contribution in [3.05, 3.63) is 65.7 Å². The first-order chi connectivity index (χ1) is 17.6. The Morgan fingerprint density at radius 2 is 1.75 bits per heavy atom. The average Bonchev–Trinajstić information content (AvgIpc) is 3.30. The molecule has 0 atom stereocenters. The Kier molecular flexibility index (Phi) is 7.43. The molecule has 188 valence electrons. The van der Waals surface area contributed by atoms with Gasteiger partial charge in [-0.15, -0.1) is 11.8 Å². The number of nitrogens with zero attached hydrogens (tertiary/aromatic N) is 6. The zero-order chi connectivity index (χ0) is 25.1. The second-order valence-electron chi connectivity index (χ2n) is 9.28. The van der Waals surface area contributed by atoms with Crippen LogP contribution in [0.15, 0.2) is 53.7 Å². The highest BCUT2D eigenvalue weighted by Gasteiger charge is 2.20. The van der Waals surface area contributed by atoms with E-state index in [2.05, 4.69) is 99.1 Å². The molecule has 1 aliphatic rings. The van der Waals surface area contributed by atoms with E-state index in [1.807, 2.05) is 0 Å². The third kappa shape index (κ3) is 4.92. The fourth-order valence-corrected chi connectivity index (χ4v) is 5.34. The predicted octanol–water partition coefficient (Wildman–Crippen LogP) is 4.95. The maximum absolute atomic E-state index is 4.92. The predicted molar refractivity (Wildman–Crippen MR) is 151 cm³/mol. The van der Waals surface area contributed by atoms with E-state index in [1.165, 1.54) is 21.7 Å². The summed E-state index contributed by atoms with van der Waals surface area (Å²) < 4.78 is 2.15. The minimum atomic E-state index is 0.809. The number of fused-ring (bicyclic) bond motifs is 1. The molecule has 7 nitrogen and oxygen atoms in total. The van der Waals surface area contributed by atoms with Crippen LogP contribution in [0.4, 0.5) is 11.5 Å². The van der Waals surface area contributed by atoms with Gasteiger partial charge in [-0.3, -0.25) is 9.47 Å². The first-order valence-electron chi connectivity index (χ1n) is 12.7. The highest BCUT2D eigenvalue weighted by Crippen LogP contribution is 2.26. The molecule has 3 heterocycles. The van der Waals surface area contributed by atoms with Crippen LogP contribution < -0.4 is 10.2 Å². The molecule has 0 radical (unpaired) electrons. The first kappa shape index (κ1) is 24.6. The first-order valence-corrected chi connectivity index (χ1v) is 14.0. The zero-order valence-corrected chi connectivity index (χ0v) is 22.5. The van der Waals surface area contributed by atoms with E-state index in [1.54, 1.807) is 18.1 Å². The smallest absolute Gasteiger partial charge is 0.170 e. The fraction of sp³-hybridized carbons (Fsp3) is 0.393. The maximum atomic E-state index is 4.92. The molecule has 2 aromatic heterocycles. The summed E-state index contributed by atoms with van der Waals surface area (Å²) in [7, 11) is 0. The quantitative estimate of drug-likeness (QED) is 0.343. The number of nitrogens with one attached hydrogen (secondary N) is 1. The summed E-state index contributed by atoms with van der Waals surface area (Å²) in [6, 6.07) is 15.2. The van der Waals surface area contributed by atoms with Crippen molar-refractivity contribution in [2.45, 2.75) is 32.1 Å². The molecule has 4 aromatic rings. The number of imidazole rings is 1. The monoisotopic (exact) mass is 501 g/mol. The lowest BCUT2D eigenvalue weighted by Crippen LogP contribution is -2.47. The lowest BCUT2D eigenvalue weighted by molar-refractivity contribution is 0.267. The fourth-order valence-electron chi connectivity index (χ4n) is 4.93. The van der Waals surface area contributed by atoms with Crippen molar-refractivity contribution in [1.82, 2.24) is 24.4 Å². The number of rotatable bonds is 8. The summed E-state index contributed by atoms with van der Waals surface area (Å²) >= 11 is 1.74. The van der Waals surface area contributed by atoms with E-state index in [0.717, 1.165) is 74.2 Å². The van der Waals surface area contributed by atoms with E-state index in [4.69, 9.17) is 4.98 Å². The van der Waals surface area contributed by atoms with Crippen LogP contribution in [0.3, 0.4) is 0 Å². The Morgan fingerprint density at radius 1 is 0.972 bits per heavy atom. The molecule has 2 aromatic carbocycles. The molecule has 0 spiro atoms. The van der Waals surface area contributed by atoms with Gasteiger partial charge in [0.15, 0.2) is 17.0 Å². The van der Waals surface area contributed by atoms with Crippen LogP contribution >= 0.6 is 11.8 Å². The van der Waals surface area contributed by atoms with Crippen LogP contribution in [-0.2, 0) is 6.42 Å². The summed E-state index contributed by atoms with van der Waals surface area (Å²) in [5.41, 5.74) is 6.90. The molecule has 1 saturated heterocycles. The number of thioether (sulfide) groups is 1.